The highest BCUT2D eigenvalue weighted by Gasteiger charge is 2.46. The van der Waals surface area contributed by atoms with Crippen molar-refractivity contribution in [1.29, 1.82) is 0 Å². The van der Waals surface area contributed by atoms with E-state index in [2.05, 4.69) is 44.7 Å². The van der Waals surface area contributed by atoms with E-state index in [9.17, 15) is 4.79 Å². The van der Waals surface area contributed by atoms with E-state index in [1.54, 1.807) is 0 Å². The number of esters is 1. The van der Waals surface area contributed by atoms with Crippen molar-refractivity contribution in [2.45, 2.75) is 52.2 Å². The normalized spacial score (nSPS) is 27.4. The van der Waals surface area contributed by atoms with Crippen molar-refractivity contribution in [3.05, 3.63) is 35.9 Å². The van der Waals surface area contributed by atoms with Crippen molar-refractivity contribution in [3.63, 3.8) is 0 Å². The number of benzene rings is 1. The minimum atomic E-state index is -0.491. The topological polar surface area (TPSA) is 29.5 Å². The quantitative estimate of drug-likeness (QED) is 0.779. The Morgan fingerprint density at radius 2 is 1.90 bits per heavy atom. The summed E-state index contributed by atoms with van der Waals surface area (Å²) in [5.74, 6) is 0.0617. The van der Waals surface area contributed by atoms with Crippen LogP contribution in [0.4, 0.5) is 0 Å². The SMILES string of the molecule is CC(=O)O[C@]1(c2ccccc2)CCN(C(C)(C)C)C[C@H]1C. The third-order valence-corrected chi connectivity index (χ3v) is 4.58. The number of rotatable bonds is 2. The molecule has 0 N–H and O–H groups in total. The summed E-state index contributed by atoms with van der Waals surface area (Å²) in [4.78, 5) is 14.2. The molecule has 1 saturated heterocycles. The van der Waals surface area contributed by atoms with E-state index in [0.717, 1.165) is 25.1 Å². The van der Waals surface area contributed by atoms with Gasteiger partial charge < -0.3 is 4.74 Å². The molecule has 2 rings (SSSR count). The second-order valence-electron chi connectivity index (χ2n) is 7.12. The van der Waals surface area contributed by atoms with Crippen LogP contribution in [-0.2, 0) is 15.1 Å². The maximum absolute atomic E-state index is 11.7. The number of hydrogen-bond acceptors (Lipinski definition) is 3. The molecule has 0 saturated carbocycles. The van der Waals surface area contributed by atoms with Crippen LogP contribution in [0.2, 0.25) is 0 Å². The number of carbonyl (C=O) groups is 1. The second kappa shape index (κ2) is 5.80. The molecule has 1 aliphatic heterocycles. The standard InChI is InChI=1S/C18H27NO2/c1-14-13-19(17(3,4)5)12-11-18(14,21-15(2)20)16-9-7-6-8-10-16/h6-10,14H,11-13H2,1-5H3/t14-,18-/m1/s1. The van der Waals surface area contributed by atoms with Gasteiger partial charge in [0.05, 0.1) is 0 Å². The first-order chi connectivity index (χ1) is 9.75. The summed E-state index contributed by atoms with van der Waals surface area (Å²) in [5, 5.41) is 0. The highest BCUT2D eigenvalue weighted by molar-refractivity contribution is 5.67. The Bertz CT molecular complexity index is 492. The lowest BCUT2D eigenvalue weighted by atomic mass is 9.75. The number of piperidine rings is 1. The molecule has 1 aromatic rings. The average Bonchev–Trinajstić information content (AvgIpc) is 2.40. The fourth-order valence-electron chi connectivity index (χ4n) is 3.34. The Hall–Kier alpha value is -1.35. The maximum atomic E-state index is 11.7. The summed E-state index contributed by atoms with van der Waals surface area (Å²) in [6, 6.07) is 10.2. The fourth-order valence-corrected chi connectivity index (χ4v) is 3.34. The highest BCUT2D eigenvalue weighted by Crippen LogP contribution is 2.42. The smallest absolute Gasteiger partial charge is 0.303 e. The van der Waals surface area contributed by atoms with E-state index in [-0.39, 0.29) is 17.4 Å². The number of likely N-dealkylation sites (tertiary alicyclic amines) is 1. The van der Waals surface area contributed by atoms with Gasteiger partial charge in [0.15, 0.2) is 0 Å². The van der Waals surface area contributed by atoms with E-state index in [4.69, 9.17) is 4.74 Å². The zero-order valence-electron chi connectivity index (χ0n) is 13.8. The van der Waals surface area contributed by atoms with Gasteiger partial charge in [-0.05, 0) is 26.3 Å². The van der Waals surface area contributed by atoms with Crippen LogP contribution >= 0.6 is 0 Å². The van der Waals surface area contributed by atoms with Crippen molar-refractivity contribution in [2.24, 2.45) is 5.92 Å². The second-order valence-corrected chi connectivity index (χ2v) is 7.12. The van der Waals surface area contributed by atoms with Crippen LogP contribution in [0, 0.1) is 5.92 Å². The molecular weight excluding hydrogens is 262 g/mol. The third-order valence-electron chi connectivity index (χ3n) is 4.58. The highest BCUT2D eigenvalue weighted by atomic mass is 16.6. The van der Waals surface area contributed by atoms with Crippen LogP contribution in [0.15, 0.2) is 30.3 Å². The molecule has 0 radical (unpaired) electrons. The maximum Gasteiger partial charge on any atom is 0.303 e. The first-order valence-electron chi connectivity index (χ1n) is 7.76. The molecule has 1 heterocycles. The van der Waals surface area contributed by atoms with Crippen LogP contribution in [0.25, 0.3) is 0 Å². The Morgan fingerprint density at radius 1 is 1.29 bits per heavy atom. The van der Waals surface area contributed by atoms with Gasteiger partial charge in [0.2, 0.25) is 0 Å². The van der Waals surface area contributed by atoms with Gasteiger partial charge in [0.1, 0.15) is 5.60 Å². The molecule has 3 nitrogen and oxygen atoms in total. The first kappa shape index (κ1) is 16.0. The summed E-state index contributed by atoms with van der Waals surface area (Å²) in [6.45, 7) is 12.3. The minimum Gasteiger partial charge on any atom is -0.454 e. The van der Waals surface area contributed by atoms with E-state index in [1.165, 1.54) is 6.92 Å². The molecule has 0 bridgehead atoms. The zero-order valence-corrected chi connectivity index (χ0v) is 13.8. The lowest BCUT2D eigenvalue weighted by molar-refractivity contribution is -0.175. The van der Waals surface area contributed by atoms with Gasteiger partial charge in [-0.1, -0.05) is 37.3 Å². The van der Waals surface area contributed by atoms with Gasteiger partial charge in [-0.25, -0.2) is 0 Å². The number of carbonyl (C=O) groups excluding carboxylic acids is 1. The fraction of sp³-hybridized carbons (Fsp3) is 0.611. The molecule has 1 aromatic carbocycles. The third kappa shape index (κ3) is 3.29. The minimum absolute atomic E-state index is 0.146. The van der Waals surface area contributed by atoms with Crippen molar-refractivity contribution in [3.8, 4) is 0 Å². The molecule has 0 spiro atoms. The number of hydrogen-bond donors (Lipinski definition) is 0. The Morgan fingerprint density at radius 3 is 2.38 bits per heavy atom. The monoisotopic (exact) mass is 289 g/mol. The van der Waals surface area contributed by atoms with Crippen LogP contribution in [0.5, 0.6) is 0 Å². The van der Waals surface area contributed by atoms with Crippen LogP contribution in [-0.4, -0.2) is 29.5 Å². The molecular formula is C18H27NO2. The number of ether oxygens (including phenoxy) is 1. The average molecular weight is 289 g/mol. The Labute approximate surface area is 128 Å². The lowest BCUT2D eigenvalue weighted by Crippen LogP contribution is -2.55. The zero-order chi connectivity index (χ0) is 15.7. The van der Waals surface area contributed by atoms with Crippen molar-refractivity contribution in [1.82, 2.24) is 4.90 Å². The molecule has 2 atom stereocenters. The van der Waals surface area contributed by atoms with Crippen LogP contribution in [0.1, 0.15) is 46.6 Å². The first-order valence-corrected chi connectivity index (χ1v) is 7.76. The largest absolute Gasteiger partial charge is 0.454 e. The lowest BCUT2D eigenvalue weighted by Gasteiger charge is -2.49. The summed E-state index contributed by atoms with van der Waals surface area (Å²) in [6.07, 6.45) is 0.842. The summed E-state index contributed by atoms with van der Waals surface area (Å²) in [5.41, 5.74) is 0.767. The van der Waals surface area contributed by atoms with Gasteiger partial charge >= 0.3 is 5.97 Å². The molecule has 1 fully saturated rings. The predicted molar refractivity (Wildman–Crippen MR) is 85.0 cm³/mol. The Kier molecular flexibility index (Phi) is 4.43. The summed E-state index contributed by atoms with van der Waals surface area (Å²) < 4.78 is 5.87. The van der Waals surface area contributed by atoms with Gasteiger partial charge in [-0.3, -0.25) is 9.69 Å². The van der Waals surface area contributed by atoms with Gasteiger partial charge in [-0.15, -0.1) is 0 Å². The molecule has 3 heteroatoms. The molecule has 116 valence electrons. The van der Waals surface area contributed by atoms with E-state index in [0.29, 0.717) is 0 Å². The van der Waals surface area contributed by atoms with Crippen molar-refractivity contribution in [2.75, 3.05) is 13.1 Å². The number of nitrogens with zero attached hydrogens (tertiary/aromatic N) is 1. The van der Waals surface area contributed by atoms with Crippen molar-refractivity contribution < 1.29 is 9.53 Å². The Balaban J connectivity index is 2.33. The van der Waals surface area contributed by atoms with Crippen molar-refractivity contribution >= 4 is 5.97 Å². The summed E-state index contributed by atoms with van der Waals surface area (Å²) in [7, 11) is 0. The van der Waals surface area contributed by atoms with Gasteiger partial charge in [-0.2, -0.15) is 0 Å². The molecule has 21 heavy (non-hydrogen) atoms. The van der Waals surface area contributed by atoms with E-state index >= 15 is 0 Å². The van der Waals surface area contributed by atoms with E-state index < -0.39 is 5.60 Å². The molecule has 0 unspecified atom stereocenters. The van der Waals surface area contributed by atoms with Gasteiger partial charge in [0, 0.05) is 37.9 Å². The van der Waals surface area contributed by atoms with Gasteiger partial charge in [0.25, 0.3) is 0 Å². The molecule has 1 aliphatic rings. The molecule has 0 aromatic heterocycles. The van der Waals surface area contributed by atoms with E-state index in [1.807, 2.05) is 18.2 Å². The molecule has 0 amide bonds. The summed E-state index contributed by atoms with van der Waals surface area (Å²) >= 11 is 0. The van der Waals surface area contributed by atoms with Crippen LogP contribution in [0.3, 0.4) is 0 Å². The molecule has 0 aliphatic carbocycles. The van der Waals surface area contributed by atoms with Crippen LogP contribution < -0.4 is 0 Å². The predicted octanol–water partition coefficient (Wildman–Crippen LogP) is 3.59.